The lowest BCUT2D eigenvalue weighted by Crippen LogP contribution is -2.13. The Labute approximate surface area is 146 Å². The molecule has 0 N–H and O–H groups in total. The molecular formula is C21H18N4. The molecule has 5 rings (SSSR count). The summed E-state index contributed by atoms with van der Waals surface area (Å²) in [5, 5.41) is 9.52. The SMILES string of the molecule is Cc1ccccc1-n1ncc2c1-c1cc(-c3ccccc3)nn1CC2. The quantitative estimate of drug-likeness (QED) is 0.551. The van der Waals surface area contributed by atoms with Gasteiger partial charge in [-0.2, -0.15) is 10.2 Å². The predicted octanol–water partition coefficient (Wildman–Crippen LogP) is 4.27. The minimum absolute atomic E-state index is 0.897. The van der Waals surface area contributed by atoms with E-state index in [0.717, 1.165) is 41.3 Å². The molecule has 1 aliphatic heterocycles. The fourth-order valence-corrected chi connectivity index (χ4v) is 3.58. The van der Waals surface area contributed by atoms with Gasteiger partial charge in [-0.1, -0.05) is 48.5 Å². The van der Waals surface area contributed by atoms with Gasteiger partial charge in [-0.3, -0.25) is 4.68 Å². The van der Waals surface area contributed by atoms with E-state index in [1.165, 1.54) is 11.1 Å². The number of nitrogens with zero attached hydrogens (tertiary/aromatic N) is 4. The van der Waals surface area contributed by atoms with Gasteiger partial charge in [-0.15, -0.1) is 0 Å². The molecule has 25 heavy (non-hydrogen) atoms. The van der Waals surface area contributed by atoms with Crippen LogP contribution in [0.1, 0.15) is 11.1 Å². The first-order valence-electron chi connectivity index (χ1n) is 8.58. The molecule has 0 radical (unpaired) electrons. The fraction of sp³-hybridized carbons (Fsp3) is 0.143. The molecule has 0 unspecified atom stereocenters. The van der Waals surface area contributed by atoms with Crippen molar-refractivity contribution in [2.24, 2.45) is 0 Å². The molecule has 4 nitrogen and oxygen atoms in total. The highest BCUT2D eigenvalue weighted by Crippen LogP contribution is 2.34. The number of aromatic nitrogens is 4. The largest absolute Gasteiger partial charge is 0.262 e. The van der Waals surface area contributed by atoms with Crippen LogP contribution in [0.5, 0.6) is 0 Å². The standard InChI is InChI=1S/C21H18N4/c1-15-7-5-6-10-19(15)25-21-17(14-22-25)11-12-24-20(21)13-18(23-24)16-8-3-2-4-9-16/h2-10,13-14H,11-12H2,1H3. The van der Waals surface area contributed by atoms with Gasteiger partial charge in [0.05, 0.1) is 29.0 Å². The lowest BCUT2D eigenvalue weighted by Gasteiger charge is -2.17. The van der Waals surface area contributed by atoms with Crippen LogP contribution < -0.4 is 0 Å². The zero-order chi connectivity index (χ0) is 16.8. The first-order chi connectivity index (χ1) is 12.3. The molecule has 0 aliphatic carbocycles. The zero-order valence-corrected chi connectivity index (χ0v) is 14.1. The van der Waals surface area contributed by atoms with Crippen molar-refractivity contribution in [1.29, 1.82) is 0 Å². The summed E-state index contributed by atoms with van der Waals surface area (Å²) in [7, 11) is 0. The number of fused-ring (bicyclic) bond motifs is 3. The van der Waals surface area contributed by atoms with E-state index in [-0.39, 0.29) is 0 Å². The Bertz CT molecular complexity index is 1060. The van der Waals surface area contributed by atoms with Gasteiger partial charge in [0, 0.05) is 17.7 Å². The van der Waals surface area contributed by atoms with Crippen molar-refractivity contribution in [3.05, 3.63) is 78.0 Å². The molecule has 122 valence electrons. The molecule has 0 saturated carbocycles. The molecular weight excluding hydrogens is 308 g/mol. The van der Waals surface area contributed by atoms with Gasteiger partial charge in [0.1, 0.15) is 0 Å². The number of para-hydroxylation sites is 1. The molecule has 0 bridgehead atoms. The maximum atomic E-state index is 4.83. The third-order valence-corrected chi connectivity index (χ3v) is 4.87. The van der Waals surface area contributed by atoms with Crippen LogP contribution in [-0.4, -0.2) is 19.6 Å². The van der Waals surface area contributed by atoms with Gasteiger partial charge in [-0.05, 0) is 31.0 Å². The monoisotopic (exact) mass is 326 g/mol. The van der Waals surface area contributed by atoms with Crippen LogP contribution in [-0.2, 0) is 13.0 Å². The highest BCUT2D eigenvalue weighted by molar-refractivity contribution is 5.71. The third kappa shape index (κ3) is 2.22. The molecule has 4 aromatic rings. The van der Waals surface area contributed by atoms with E-state index in [1.807, 2.05) is 12.3 Å². The van der Waals surface area contributed by atoms with Crippen LogP contribution in [0, 0.1) is 6.92 Å². The molecule has 1 aliphatic rings. The fourth-order valence-electron chi connectivity index (χ4n) is 3.58. The van der Waals surface area contributed by atoms with Gasteiger partial charge in [-0.25, -0.2) is 4.68 Å². The Kier molecular flexibility index (Phi) is 3.10. The smallest absolute Gasteiger partial charge is 0.0954 e. The van der Waals surface area contributed by atoms with Crippen molar-refractivity contribution >= 4 is 0 Å². The second-order valence-corrected chi connectivity index (χ2v) is 6.47. The third-order valence-electron chi connectivity index (χ3n) is 4.87. The molecule has 3 heterocycles. The lowest BCUT2D eigenvalue weighted by atomic mass is 10.1. The molecule has 0 fully saturated rings. The summed E-state index contributed by atoms with van der Waals surface area (Å²) < 4.78 is 4.17. The average molecular weight is 326 g/mol. The van der Waals surface area contributed by atoms with Crippen molar-refractivity contribution in [2.45, 2.75) is 19.9 Å². The van der Waals surface area contributed by atoms with Crippen LogP contribution in [0.25, 0.3) is 28.3 Å². The van der Waals surface area contributed by atoms with Crippen molar-refractivity contribution in [3.8, 4) is 28.3 Å². The topological polar surface area (TPSA) is 35.6 Å². The number of hydrogen-bond donors (Lipinski definition) is 0. The second kappa shape index (κ2) is 5.45. The van der Waals surface area contributed by atoms with Gasteiger partial charge in [0.25, 0.3) is 0 Å². The number of hydrogen-bond acceptors (Lipinski definition) is 2. The van der Waals surface area contributed by atoms with Crippen LogP contribution in [0.15, 0.2) is 66.9 Å². The van der Waals surface area contributed by atoms with E-state index >= 15 is 0 Å². The number of aryl methyl sites for hydroxylation is 3. The minimum Gasteiger partial charge on any atom is -0.262 e. The summed E-state index contributed by atoms with van der Waals surface area (Å²) in [6, 6.07) is 20.9. The zero-order valence-electron chi connectivity index (χ0n) is 14.1. The van der Waals surface area contributed by atoms with E-state index in [0.29, 0.717) is 0 Å². The molecule has 0 atom stereocenters. The Morgan fingerprint density at radius 1 is 0.960 bits per heavy atom. The van der Waals surface area contributed by atoms with Gasteiger partial charge in [0.2, 0.25) is 0 Å². The van der Waals surface area contributed by atoms with E-state index < -0.39 is 0 Å². The first kappa shape index (κ1) is 14.2. The van der Waals surface area contributed by atoms with Crippen molar-refractivity contribution in [3.63, 3.8) is 0 Å². The Morgan fingerprint density at radius 3 is 2.60 bits per heavy atom. The average Bonchev–Trinajstić information content (AvgIpc) is 3.26. The Balaban J connectivity index is 1.70. The molecule has 2 aromatic heterocycles. The van der Waals surface area contributed by atoms with E-state index in [4.69, 9.17) is 5.10 Å². The molecule has 0 saturated heterocycles. The maximum Gasteiger partial charge on any atom is 0.0954 e. The molecule has 2 aromatic carbocycles. The summed E-state index contributed by atoms with van der Waals surface area (Å²) in [5.41, 5.74) is 8.09. The normalized spacial score (nSPS) is 12.7. The molecule has 0 amide bonds. The summed E-state index contributed by atoms with van der Waals surface area (Å²) in [5.74, 6) is 0. The van der Waals surface area contributed by atoms with Crippen LogP contribution >= 0.6 is 0 Å². The number of benzene rings is 2. The van der Waals surface area contributed by atoms with E-state index in [9.17, 15) is 0 Å². The maximum absolute atomic E-state index is 4.83. The van der Waals surface area contributed by atoms with Gasteiger partial charge < -0.3 is 0 Å². The highest BCUT2D eigenvalue weighted by atomic mass is 15.3. The van der Waals surface area contributed by atoms with Gasteiger partial charge in [0.15, 0.2) is 0 Å². The van der Waals surface area contributed by atoms with Crippen LogP contribution in [0.3, 0.4) is 0 Å². The molecule has 0 spiro atoms. The Hall–Kier alpha value is -3.14. The Morgan fingerprint density at radius 2 is 1.76 bits per heavy atom. The van der Waals surface area contributed by atoms with E-state index in [1.54, 1.807) is 0 Å². The van der Waals surface area contributed by atoms with Crippen molar-refractivity contribution in [1.82, 2.24) is 19.6 Å². The molecule has 4 heteroatoms. The van der Waals surface area contributed by atoms with Crippen molar-refractivity contribution < 1.29 is 0 Å². The van der Waals surface area contributed by atoms with Crippen LogP contribution in [0.4, 0.5) is 0 Å². The lowest BCUT2D eigenvalue weighted by molar-refractivity contribution is 0.605. The van der Waals surface area contributed by atoms with Crippen LogP contribution in [0.2, 0.25) is 0 Å². The minimum atomic E-state index is 0.897. The highest BCUT2D eigenvalue weighted by Gasteiger charge is 2.24. The predicted molar refractivity (Wildman–Crippen MR) is 98.7 cm³/mol. The summed E-state index contributed by atoms with van der Waals surface area (Å²) in [4.78, 5) is 0. The summed E-state index contributed by atoms with van der Waals surface area (Å²) in [6.45, 7) is 3.02. The van der Waals surface area contributed by atoms with Gasteiger partial charge >= 0.3 is 0 Å². The first-order valence-corrected chi connectivity index (χ1v) is 8.58. The summed E-state index contributed by atoms with van der Waals surface area (Å²) in [6.07, 6.45) is 2.96. The second-order valence-electron chi connectivity index (χ2n) is 6.47. The number of rotatable bonds is 2. The van der Waals surface area contributed by atoms with E-state index in [2.05, 4.69) is 76.0 Å². The van der Waals surface area contributed by atoms with Crippen molar-refractivity contribution in [2.75, 3.05) is 0 Å². The summed E-state index contributed by atoms with van der Waals surface area (Å²) >= 11 is 0.